The Labute approximate surface area is 138 Å². The number of rotatable bonds is 7. The van der Waals surface area contributed by atoms with Gasteiger partial charge < -0.3 is 14.6 Å². The summed E-state index contributed by atoms with van der Waals surface area (Å²) in [6.45, 7) is 4.93. The topological polar surface area (TPSA) is 80.5 Å². The van der Waals surface area contributed by atoms with E-state index in [-0.39, 0.29) is 5.91 Å². The zero-order valence-corrected chi connectivity index (χ0v) is 13.7. The molecule has 1 saturated heterocycles. The van der Waals surface area contributed by atoms with Gasteiger partial charge in [-0.25, -0.2) is 0 Å². The van der Waals surface area contributed by atoms with Crippen LogP contribution in [0.4, 0.5) is 0 Å². The number of carbonyl (C=O) groups excluding carboxylic acids is 1. The molecule has 0 saturated carbocycles. The summed E-state index contributed by atoms with van der Waals surface area (Å²) in [5, 5.41) is 8.82. The Balaban J connectivity index is 1.35. The molecule has 3 heterocycles. The van der Waals surface area contributed by atoms with Crippen LogP contribution < -0.4 is 5.32 Å². The van der Waals surface area contributed by atoms with Gasteiger partial charge in [0, 0.05) is 39.0 Å². The summed E-state index contributed by atoms with van der Waals surface area (Å²) in [6, 6.07) is 3.88. The molecule has 1 aliphatic rings. The van der Waals surface area contributed by atoms with E-state index in [1.54, 1.807) is 11.3 Å². The number of ether oxygens (including phenoxy) is 1. The third-order valence-electron chi connectivity index (χ3n) is 3.63. The van der Waals surface area contributed by atoms with E-state index in [9.17, 15) is 4.79 Å². The fourth-order valence-electron chi connectivity index (χ4n) is 2.35. The van der Waals surface area contributed by atoms with E-state index in [0.29, 0.717) is 31.1 Å². The molecule has 0 unspecified atom stereocenters. The first-order valence-electron chi connectivity index (χ1n) is 7.74. The van der Waals surface area contributed by atoms with Crippen LogP contribution in [0.15, 0.2) is 22.0 Å². The number of amides is 1. The predicted molar refractivity (Wildman–Crippen MR) is 86.2 cm³/mol. The van der Waals surface area contributed by atoms with Gasteiger partial charge in [0.15, 0.2) is 0 Å². The maximum atomic E-state index is 11.9. The minimum absolute atomic E-state index is 0.00846. The Hall–Kier alpha value is -1.77. The quantitative estimate of drug-likeness (QED) is 0.818. The smallest absolute Gasteiger partial charge is 0.227 e. The molecule has 0 atom stereocenters. The van der Waals surface area contributed by atoms with E-state index in [1.807, 2.05) is 17.5 Å². The molecular weight excluding hydrogens is 316 g/mol. The summed E-state index contributed by atoms with van der Waals surface area (Å²) < 4.78 is 10.5. The van der Waals surface area contributed by atoms with E-state index < -0.39 is 0 Å². The minimum atomic E-state index is 0.00846. The summed E-state index contributed by atoms with van der Waals surface area (Å²) in [7, 11) is 0. The van der Waals surface area contributed by atoms with E-state index in [0.717, 1.165) is 37.7 Å². The maximum absolute atomic E-state index is 11.9. The molecule has 8 heteroatoms. The Morgan fingerprint density at radius 2 is 2.26 bits per heavy atom. The van der Waals surface area contributed by atoms with Gasteiger partial charge in [-0.2, -0.15) is 4.98 Å². The minimum Gasteiger partial charge on any atom is -0.379 e. The van der Waals surface area contributed by atoms with Crippen molar-refractivity contribution in [1.82, 2.24) is 20.4 Å². The molecule has 0 aliphatic carbocycles. The Kier molecular flexibility index (Phi) is 5.73. The van der Waals surface area contributed by atoms with Crippen molar-refractivity contribution in [2.45, 2.75) is 12.8 Å². The van der Waals surface area contributed by atoms with Gasteiger partial charge in [0.1, 0.15) is 0 Å². The van der Waals surface area contributed by atoms with Crippen LogP contribution in [-0.4, -0.2) is 60.3 Å². The zero-order valence-electron chi connectivity index (χ0n) is 12.9. The molecule has 1 aliphatic heterocycles. The molecule has 0 radical (unpaired) electrons. The number of carbonyl (C=O) groups is 1. The van der Waals surface area contributed by atoms with Crippen LogP contribution in [0.2, 0.25) is 0 Å². The first kappa shape index (κ1) is 16.1. The highest BCUT2D eigenvalue weighted by Gasteiger charge is 2.12. The van der Waals surface area contributed by atoms with Crippen LogP contribution >= 0.6 is 11.3 Å². The average Bonchev–Trinajstić information content (AvgIpc) is 3.25. The molecule has 0 spiro atoms. The first-order chi connectivity index (χ1) is 11.3. The Morgan fingerprint density at radius 3 is 3.04 bits per heavy atom. The SMILES string of the molecule is O=C(CCc1nc(-c2cccs2)no1)NCCN1CCOCC1. The van der Waals surface area contributed by atoms with Crippen LogP contribution in [0, 0.1) is 0 Å². The van der Waals surface area contributed by atoms with Crippen molar-refractivity contribution in [3.8, 4) is 10.7 Å². The summed E-state index contributed by atoms with van der Waals surface area (Å²) in [5.41, 5.74) is 0. The molecule has 23 heavy (non-hydrogen) atoms. The van der Waals surface area contributed by atoms with Gasteiger partial charge in [0.2, 0.25) is 17.6 Å². The lowest BCUT2D eigenvalue weighted by Gasteiger charge is -2.26. The van der Waals surface area contributed by atoms with Crippen LogP contribution in [-0.2, 0) is 16.0 Å². The lowest BCUT2D eigenvalue weighted by molar-refractivity contribution is -0.121. The maximum Gasteiger partial charge on any atom is 0.227 e. The number of nitrogens with zero attached hydrogens (tertiary/aromatic N) is 3. The lowest BCUT2D eigenvalue weighted by Crippen LogP contribution is -2.41. The molecule has 1 N–H and O–H groups in total. The fourth-order valence-corrected chi connectivity index (χ4v) is 3.00. The van der Waals surface area contributed by atoms with Crippen molar-refractivity contribution in [3.63, 3.8) is 0 Å². The molecule has 124 valence electrons. The summed E-state index contributed by atoms with van der Waals surface area (Å²) >= 11 is 1.56. The van der Waals surface area contributed by atoms with E-state index >= 15 is 0 Å². The van der Waals surface area contributed by atoms with Crippen LogP contribution in [0.1, 0.15) is 12.3 Å². The monoisotopic (exact) mass is 336 g/mol. The largest absolute Gasteiger partial charge is 0.379 e. The number of nitrogens with one attached hydrogen (secondary N) is 1. The summed E-state index contributed by atoms with van der Waals surface area (Å²) in [4.78, 5) is 19.4. The highest BCUT2D eigenvalue weighted by Crippen LogP contribution is 2.21. The summed E-state index contributed by atoms with van der Waals surface area (Å²) in [5.74, 6) is 1.09. The number of hydrogen-bond acceptors (Lipinski definition) is 7. The van der Waals surface area contributed by atoms with Crippen molar-refractivity contribution < 1.29 is 14.1 Å². The number of hydrogen-bond donors (Lipinski definition) is 1. The first-order valence-corrected chi connectivity index (χ1v) is 8.62. The molecule has 7 nitrogen and oxygen atoms in total. The highest BCUT2D eigenvalue weighted by atomic mass is 32.1. The third kappa shape index (κ3) is 4.85. The van der Waals surface area contributed by atoms with E-state index in [4.69, 9.17) is 9.26 Å². The van der Waals surface area contributed by atoms with Gasteiger partial charge in [0.05, 0.1) is 18.1 Å². The van der Waals surface area contributed by atoms with Gasteiger partial charge in [-0.1, -0.05) is 11.2 Å². The predicted octanol–water partition coefficient (Wildman–Crippen LogP) is 1.18. The Morgan fingerprint density at radius 1 is 1.39 bits per heavy atom. The van der Waals surface area contributed by atoms with Crippen molar-refractivity contribution >= 4 is 17.2 Å². The van der Waals surface area contributed by atoms with E-state index in [1.165, 1.54) is 0 Å². The second-order valence-corrected chi connectivity index (χ2v) is 6.24. The summed E-state index contributed by atoms with van der Waals surface area (Å²) in [6.07, 6.45) is 0.816. The highest BCUT2D eigenvalue weighted by molar-refractivity contribution is 7.13. The van der Waals surface area contributed by atoms with Gasteiger partial charge in [0.25, 0.3) is 0 Å². The van der Waals surface area contributed by atoms with Crippen molar-refractivity contribution in [2.24, 2.45) is 0 Å². The molecule has 0 aromatic carbocycles. The molecule has 0 bridgehead atoms. The normalized spacial score (nSPS) is 15.7. The molecule has 1 fully saturated rings. The number of thiophene rings is 1. The molecular formula is C15H20N4O3S. The van der Waals surface area contributed by atoms with Crippen LogP contribution in [0.25, 0.3) is 10.7 Å². The second-order valence-electron chi connectivity index (χ2n) is 5.29. The van der Waals surface area contributed by atoms with E-state index in [2.05, 4.69) is 20.4 Å². The van der Waals surface area contributed by atoms with Crippen molar-refractivity contribution in [1.29, 1.82) is 0 Å². The molecule has 2 aromatic heterocycles. The zero-order chi connectivity index (χ0) is 15.9. The van der Waals surface area contributed by atoms with Gasteiger partial charge in [-0.3, -0.25) is 9.69 Å². The fraction of sp³-hybridized carbons (Fsp3) is 0.533. The average molecular weight is 336 g/mol. The van der Waals surface area contributed by atoms with Gasteiger partial charge in [-0.05, 0) is 11.4 Å². The van der Waals surface area contributed by atoms with Gasteiger partial charge >= 0.3 is 0 Å². The molecule has 1 amide bonds. The third-order valence-corrected chi connectivity index (χ3v) is 4.50. The second kappa shape index (κ2) is 8.19. The Bertz CT molecular complexity index is 608. The van der Waals surface area contributed by atoms with Crippen molar-refractivity contribution in [2.75, 3.05) is 39.4 Å². The number of aryl methyl sites for hydroxylation is 1. The number of morpholine rings is 1. The standard InChI is InChI=1S/C15H20N4O3S/c20-13(16-5-6-19-7-9-21-10-8-19)3-4-14-17-15(18-22-14)12-2-1-11-23-12/h1-2,11H,3-10H2,(H,16,20). The lowest BCUT2D eigenvalue weighted by atomic mass is 10.3. The van der Waals surface area contributed by atoms with Gasteiger partial charge in [-0.15, -0.1) is 11.3 Å². The number of aromatic nitrogens is 2. The van der Waals surface area contributed by atoms with Crippen molar-refractivity contribution in [3.05, 3.63) is 23.4 Å². The van der Waals surface area contributed by atoms with Crippen LogP contribution in [0.5, 0.6) is 0 Å². The molecule has 2 aromatic rings. The molecule has 3 rings (SSSR count). The van der Waals surface area contributed by atoms with Crippen LogP contribution in [0.3, 0.4) is 0 Å².